The van der Waals surface area contributed by atoms with Crippen molar-refractivity contribution in [1.82, 2.24) is 20.1 Å². The fourth-order valence-electron chi connectivity index (χ4n) is 4.97. The number of carbonyl (C=O) groups is 1. The van der Waals surface area contributed by atoms with E-state index in [1.165, 1.54) is 30.5 Å². The van der Waals surface area contributed by atoms with Gasteiger partial charge in [0.25, 0.3) is 5.91 Å². The summed E-state index contributed by atoms with van der Waals surface area (Å²) in [5.41, 5.74) is 6.92. The molecule has 1 amide bonds. The fourth-order valence-corrected chi connectivity index (χ4v) is 4.97. The van der Waals surface area contributed by atoms with Crippen LogP contribution < -0.4 is 15.2 Å². The fraction of sp³-hybridized carbons (Fsp3) is 0.360. The van der Waals surface area contributed by atoms with Crippen LogP contribution in [0.5, 0.6) is 17.2 Å². The maximum Gasteiger partial charge on any atom is 0.273 e. The van der Waals surface area contributed by atoms with Crippen molar-refractivity contribution in [2.75, 3.05) is 12.3 Å². The number of halogens is 1. The highest BCUT2D eigenvalue weighted by molar-refractivity contribution is 5.93. The molecule has 2 N–H and O–H groups in total. The van der Waals surface area contributed by atoms with Crippen molar-refractivity contribution in [3.05, 3.63) is 65.9 Å². The van der Waals surface area contributed by atoms with E-state index in [1.807, 2.05) is 17.9 Å². The molecule has 5 rings (SSSR count). The quantitative estimate of drug-likeness (QED) is 0.580. The number of aromatic nitrogens is 3. The Balaban J connectivity index is 1.34. The minimum Gasteiger partial charge on any atom is -0.490 e. The first kappa shape index (κ1) is 22.1. The van der Waals surface area contributed by atoms with Gasteiger partial charge in [-0.15, -0.1) is 5.10 Å². The third-order valence-corrected chi connectivity index (χ3v) is 6.48. The normalized spacial score (nSPS) is 21.4. The van der Waals surface area contributed by atoms with Crippen LogP contribution >= 0.6 is 0 Å². The van der Waals surface area contributed by atoms with E-state index in [0.29, 0.717) is 35.4 Å². The molecule has 0 saturated carbocycles. The summed E-state index contributed by atoms with van der Waals surface area (Å²) >= 11 is 0. The zero-order valence-corrected chi connectivity index (χ0v) is 18.9. The lowest BCUT2D eigenvalue weighted by molar-refractivity contribution is 0.0562. The van der Waals surface area contributed by atoms with Crippen molar-refractivity contribution >= 4 is 11.7 Å². The largest absolute Gasteiger partial charge is 0.490 e. The lowest BCUT2D eigenvalue weighted by Gasteiger charge is -2.38. The van der Waals surface area contributed by atoms with E-state index in [1.54, 1.807) is 12.1 Å². The van der Waals surface area contributed by atoms with Crippen LogP contribution in [0.2, 0.25) is 0 Å². The van der Waals surface area contributed by atoms with Crippen molar-refractivity contribution in [3.8, 4) is 17.2 Å². The predicted octanol–water partition coefficient (Wildman–Crippen LogP) is 4.33. The number of rotatable bonds is 6. The van der Waals surface area contributed by atoms with Gasteiger partial charge in [-0.05, 0) is 69.0 Å². The van der Waals surface area contributed by atoms with Gasteiger partial charge in [-0.25, -0.2) is 9.37 Å². The van der Waals surface area contributed by atoms with Crippen LogP contribution in [-0.4, -0.2) is 44.7 Å². The molecule has 2 fully saturated rings. The summed E-state index contributed by atoms with van der Waals surface area (Å²) < 4.78 is 24.8. The maximum absolute atomic E-state index is 13.5. The topological polar surface area (TPSA) is 103 Å². The monoisotopic (exact) mass is 463 g/mol. The number of fused-ring (bicyclic) bond motifs is 2. The Morgan fingerprint density at radius 3 is 2.47 bits per heavy atom. The van der Waals surface area contributed by atoms with Gasteiger partial charge in [0, 0.05) is 24.1 Å². The van der Waals surface area contributed by atoms with Gasteiger partial charge < -0.3 is 20.1 Å². The van der Waals surface area contributed by atoms with Crippen molar-refractivity contribution in [2.24, 2.45) is 0 Å². The molecule has 3 aromatic rings. The Morgan fingerprint density at radius 1 is 1.09 bits per heavy atom. The predicted molar refractivity (Wildman–Crippen MR) is 123 cm³/mol. The number of anilines is 1. The number of carbonyl (C=O) groups excluding carboxylic acids is 1. The SMILES string of the molecule is CCOc1cc(C(=O)N2C3CCC2CC(c2ccc(N)nn2)C3)ncc1Oc1ccc(F)cc1. The smallest absolute Gasteiger partial charge is 0.273 e. The van der Waals surface area contributed by atoms with Crippen LogP contribution in [0.3, 0.4) is 0 Å². The minimum absolute atomic E-state index is 0.108. The Bertz CT molecular complexity index is 1160. The van der Waals surface area contributed by atoms with Crippen LogP contribution in [0.25, 0.3) is 0 Å². The van der Waals surface area contributed by atoms with Crippen LogP contribution in [0.4, 0.5) is 10.2 Å². The highest BCUT2D eigenvalue weighted by atomic mass is 19.1. The van der Waals surface area contributed by atoms with Gasteiger partial charge in [0.15, 0.2) is 11.5 Å². The number of hydrogen-bond donors (Lipinski definition) is 1. The van der Waals surface area contributed by atoms with Crippen LogP contribution in [-0.2, 0) is 0 Å². The highest BCUT2D eigenvalue weighted by Gasteiger charge is 2.44. The van der Waals surface area contributed by atoms with E-state index < -0.39 is 0 Å². The number of amides is 1. The van der Waals surface area contributed by atoms with Crippen molar-refractivity contribution in [3.63, 3.8) is 0 Å². The second-order valence-corrected chi connectivity index (χ2v) is 8.65. The third-order valence-electron chi connectivity index (χ3n) is 6.48. The number of nitrogens with zero attached hydrogens (tertiary/aromatic N) is 4. The number of nitrogens with two attached hydrogens (primary N) is 1. The van der Waals surface area contributed by atoms with Crippen molar-refractivity contribution in [1.29, 1.82) is 0 Å². The van der Waals surface area contributed by atoms with Crippen molar-refractivity contribution in [2.45, 2.75) is 50.6 Å². The van der Waals surface area contributed by atoms with Gasteiger partial charge in [-0.1, -0.05) is 0 Å². The number of nitrogen functional groups attached to an aromatic ring is 1. The first-order chi connectivity index (χ1) is 16.5. The molecule has 2 aliphatic rings. The van der Waals surface area contributed by atoms with Gasteiger partial charge in [-0.3, -0.25) is 4.79 Å². The standard InChI is InChI=1S/C25H26FN5O3/c1-2-33-22-13-21(28-14-23(22)34-19-7-3-16(26)4-8-19)25(32)31-17-5-6-18(31)12-15(11-17)20-9-10-24(27)30-29-20/h3-4,7-10,13-15,17-18H,2,5-6,11-12H2,1H3,(H2,27,30). The molecule has 2 atom stereocenters. The number of piperidine rings is 1. The Labute approximate surface area is 196 Å². The number of hydrogen-bond acceptors (Lipinski definition) is 7. The average molecular weight is 464 g/mol. The Kier molecular flexibility index (Phi) is 6.00. The van der Waals surface area contributed by atoms with E-state index in [2.05, 4.69) is 15.2 Å². The molecule has 2 unspecified atom stereocenters. The minimum atomic E-state index is -0.349. The molecule has 0 radical (unpaired) electrons. The molecule has 2 aromatic heterocycles. The van der Waals surface area contributed by atoms with Crippen LogP contribution in [0, 0.1) is 5.82 Å². The van der Waals surface area contributed by atoms with Crippen LogP contribution in [0.15, 0.2) is 48.7 Å². The zero-order valence-electron chi connectivity index (χ0n) is 18.9. The first-order valence-corrected chi connectivity index (χ1v) is 11.5. The zero-order chi connectivity index (χ0) is 23.7. The van der Waals surface area contributed by atoms with E-state index >= 15 is 0 Å². The number of pyridine rings is 1. The average Bonchev–Trinajstić information content (AvgIpc) is 3.10. The maximum atomic E-state index is 13.5. The van der Waals surface area contributed by atoms with E-state index in [-0.39, 0.29) is 29.7 Å². The molecule has 9 heteroatoms. The molecular formula is C25H26FN5O3. The third kappa shape index (κ3) is 4.37. The molecule has 8 nitrogen and oxygen atoms in total. The summed E-state index contributed by atoms with van der Waals surface area (Å²) in [6.07, 6.45) is 5.08. The summed E-state index contributed by atoms with van der Waals surface area (Å²) in [7, 11) is 0. The Morgan fingerprint density at radius 2 is 1.82 bits per heavy atom. The molecule has 2 saturated heterocycles. The summed E-state index contributed by atoms with van der Waals surface area (Å²) in [5.74, 6) is 1.45. The molecule has 0 aliphatic carbocycles. The molecule has 2 bridgehead atoms. The molecule has 0 spiro atoms. The summed E-state index contributed by atoms with van der Waals surface area (Å²) in [5, 5.41) is 8.25. The van der Waals surface area contributed by atoms with Crippen LogP contribution in [0.1, 0.15) is 54.7 Å². The molecule has 176 valence electrons. The van der Waals surface area contributed by atoms with E-state index in [0.717, 1.165) is 31.4 Å². The van der Waals surface area contributed by atoms with Gasteiger partial charge in [0.2, 0.25) is 0 Å². The van der Waals surface area contributed by atoms with E-state index in [9.17, 15) is 9.18 Å². The molecule has 34 heavy (non-hydrogen) atoms. The number of benzene rings is 1. The molecular weight excluding hydrogens is 437 g/mol. The Hall–Kier alpha value is -3.75. The van der Waals surface area contributed by atoms with E-state index in [4.69, 9.17) is 15.2 Å². The second-order valence-electron chi connectivity index (χ2n) is 8.65. The first-order valence-electron chi connectivity index (χ1n) is 11.5. The van der Waals surface area contributed by atoms with Gasteiger partial charge in [-0.2, -0.15) is 5.10 Å². The molecule has 2 aliphatic heterocycles. The summed E-state index contributed by atoms with van der Waals surface area (Å²) in [6, 6.07) is 11.3. The lowest BCUT2D eigenvalue weighted by Crippen LogP contribution is -2.46. The van der Waals surface area contributed by atoms with Gasteiger partial charge >= 0.3 is 0 Å². The lowest BCUT2D eigenvalue weighted by atomic mass is 9.87. The second kappa shape index (κ2) is 9.24. The molecule has 1 aromatic carbocycles. The molecule has 4 heterocycles. The van der Waals surface area contributed by atoms with Gasteiger partial charge in [0.05, 0.1) is 18.5 Å². The van der Waals surface area contributed by atoms with Crippen molar-refractivity contribution < 1.29 is 18.7 Å². The van der Waals surface area contributed by atoms with Gasteiger partial charge in [0.1, 0.15) is 23.1 Å². The summed E-state index contributed by atoms with van der Waals surface area (Å²) in [6.45, 7) is 2.26. The number of ether oxygens (including phenoxy) is 2. The summed E-state index contributed by atoms with van der Waals surface area (Å²) in [4.78, 5) is 19.9. The highest BCUT2D eigenvalue weighted by Crippen LogP contribution is 2.43.